The van der Waals surface area contributed by atoms with Gasteiger partial charge in [-0.25, -0.2) is 9.71 Å². The van der Waals surface area contributed by atoms with Gasteiger partial charge in [0.2, 0.25) is 0 Å². The molecule has 1 aliphatic carbocycles. The zero-order valence-corrected chi connectivity index (χ0v) is 12.5. The molecular weight excluding hydrogens is 298 g/mol. The number of thiazole rings is 1. The number of hydrogen-bond donors (Lipinski definition) is 2. The molecule has 0 saturated carbocycles. The quantitative estimate of drug-likeness (QED) is 0.790. The smallest absolute Gasteiger partial charge is 0.282 e. The Kier molecular flexibility index (Phi) is 4.90. The lowest BCUT2D eigenvalue weighted by Gasteiger charge is -2.21. The second-order valence-electron chi connectivity index (χ2n) is 4.79. The van der Waals surface area contributed by atoms with Crippen molar-refractivity contribution in [1.82, 2.24) is 9.71 Å². The summed E-state index contributed by atoms with van der Waals surface area (Å²) in [7, 11) is -3.90. The standard InChI is InChI=1S/C12H17N3O3S2/c13-10(6-9-4-2-1-3-5-9)12(16)15-20(17,18)11-7-19-8-14-11/h1-2,7-10H,3-6,13H2,(H,15,16). The maximum Gasteiger partial charge on any atom is 0.282 e. The van der Waals surface area contributed by atoms with Gasteiger partial charge in [0.1, 0.15) is 0 Å². The van der Waals surface area contributed by atoms with Crippen LogP contribution < -0.4 is 10.5 Å². The summed E-state index contributed by atoms with van der Waals surface area (Å²) in [5.41, 5.74) is 7.19. The maximum absolute atomic E-state index is 11.9. The van der Waals surface area contributed by atoms with Crippen LogP contribution in [0.5, 0.6) is 0 Å². The van der Waals surface area contributed by atoms with E-state index in [-0.39, 0.29) is 5.03 Å². The predicted molar refractivity (Wildman–Crippen MR) is 76.5 cm³/mol. The number of nitrogens with one attached hydrogen (secondary N) is 1. The highest BCUT2D eigenvalue weighted by atomic mass is 32.2. The van der Waals surface area contributed by atoms with Crippen molar-refractivity contribution < 1.29 is 13.2 Å². The molecule has 1 aliphatic rings. The van der Waals surface area contributed by atoms with Crippen LogP contribution in [-0.2, 0) is 14.8 Å². The topological polar surface area (TPSA) is 102 Å². The van der Waals surface area contributed by atoms with E-state index >= 15 is 0 Å². The Morgan fingerprint density at radius 3 is 2.95 bits per heavy atom. The number of aromatic nitrogens is 1. The van der Waals surface area contributed by atoms with E-state index in [1.54, 1.807) is 0 Å². The van der Waals surface area contributed by atoms with Crippen LogP contribution in [0.25, 0.3) is 0 Å². The van der Waals surface area contributed by atoms with Gasteiger partial charge in [-0.1, -0.05) is 12.2 Å². The van der Waals surface area contributed by atoms with Gasteiger partial charge < -0.3 is 5.73 Å². The van der Waals surface area contributed by atoms with Gasteiger partial charge >= 0.3 is 0 Å². The lowest BCUT2D eigenvalue weighted by Crippen LogP contribution is -2.44. The lowest BCUT2D eigenvalue weighted by atomic mass is 9.89. The number of carbonyl (C=O) groups excluding carboxylic acids is 1. The Hall–Kier alpha value is -1.25. The molecule has 1 heterocycles. The molecule has 6 nitrogen and oxygen atoms in total. The number of rotatable bonds is 5. The molecule has 0 saturated heterocycles. The van der Waals surface area contributed by atoms with E-state index < -0.39 is 22.0 Å². The first kappa shape index (κ1) is 15.1. The van der Waals surface area contributed by atoms with Gasteiger partial charge in [-0.2, -0.15) is 8.42 Å². The Morgan fingerprint density at radius 2 is 2.35 bits per heavy atom. The van der Waals surface area contributed by atoms with E-state index in [1.807, 2.05) is 4.72 Å². The minimum Gasteiger partial charge on any atom is -0.320 e. The van der Waals surface area contributed by atoms with Gasteiger partial charge in [0.05, 0.1) is 11.6 Å². The van der Waals surface area contributed by atoms with Crippen molar-refractivity contribution in [1.29, 1.82) is 0 Å². The van der Waals surface area contributed by atoms with Crippen molar-refractivity contribution in [2.75, 3.05) is 0 Å². The van der Waals surface area contributed by atoms with Crippen LogP contribution in [0.3, 0.4) is 0 Å². The molecule has 110 valence electrons. The molecular formula is C12H17N3O3S2. The molecule has 2 rings (SSSR count). The molecule has 20 heavy (non-hydrogen) atoms. The summed E-state index contributed by atoms with van der Waals surface area (Å²) in [5.74, 6) is -0.338. The van der Waals surface area contributed by atoms with Crippen LogP contribution in [0.4, 0.5) is 0 Å². The molecule has 0 spiro atoms. The number of amides is 1. The Bertz CT molecular complexity index is 581. The fourth-order valence-electron chi connectivity index (χ4n) is 2.13. The number of carbonyl (C=O) groups is 1. The molecule has 8 heteroatoms. The third-order valence-corrected chi connectivity index (χ3v) is 5.20. The van der Waals surface area contributed by atoms with Crippen molar-refractivity contribution in [2.45, 2.75) is 36.8 Å². The first-order valence-electron chi connectivity index (χ1n) is 6.34. The predicted octanol–water partition coefficient (Wildman–Crippen LogP) is 1.02. The van der Waals surface area contributed by atoms with E-state index in [0.717, 1.165) is 30.6 Å². The van der Waals surface area contributed by atoms with Crippen LogP contribution in [0, 0.1) is 5.92 Å². The summed E-state index contributed by atoms with van der Waals surface area (Å²) in [6.45, 7) is 0. The van der Waals surface area contributed by atoms with E-state index in [4.69, 9.17) is 5.73 Å². The molecule has 1 aromatic heterocycles. The molecule has 0 aliphatic heterocycles. The van der Waals surface area contributed by atoms with Gasteiger partial charge in [-0.05, 0) is 31.6 Å². The van der Waals surface area contributed by atoms with Crippen LogP contribution in [0.1, 0.15) is 25.7 Å². The fraction of sp³-hybridized carbons (Fsp3) is 0.500. The normalized spacial score (nSPS) is 20.6. The maximum atomic E-state index is 11.9. The zero-order valence-electron chi connectivity index (χ0n) is 10.9. The molecule has 1 aromatic rings. The van der Waals surface area contributed by atoms with Gasteiger partial charge in [0.25, 0.3) is 15.9 Å². The third kappa shape index (κ3) is 3.87. The number of hydrogen-bond acceptors (Lipinski definition) is 6. The summed E-state index contributed by atoms with van der Waals surface area (Å²) in [5, 5.41) is 1.22. The molecule has 0 fully saturated rings. The Labute approximate surface area is 122 Å². The van der Waals surface area contributed by atoms with Gasteiger partial charge in [-0.3, -0.25) is 4.79 Å². The second kappa shape index (κ2) is 6.47. The number of nitrogens with zero attached hydrogens (tertiary/aromatic N) is 1. The summed E-state index contributed by atoms with van der Waals surface area (Å²) in [4.78, 5) is 15.6. The lowest BCUT2D eigenvalue weighted by molar-refractivity contribution is -0.121. The van der Waals surface area contributed by atoms with Gasteiger partial charge in [0, 0.05) is 5.38 Å². The van der Waals surface area contributed by atoms with Crippen molar-refractivity contribution in [3.63, 3.8) is 0 Å². The van der Waals surface area contributed by atoms with Gasteiger partial charge in [0.15, 0.2) is 5.03 Å². The molecule has 0 radical (unpaired) electrons. The fourth-order valence-corrected chi connectivity index (χ4v) is 4.00. The summed E-state index contributed by atoms with van der Waals surface area (Å²) in [6, 6.07) is -0.820. The van der Waals surface area contributed by atoms with Crippen LogP contribution >= 0.6 is 11.3 Å². The Balaban J connectivity index is 1.92. The van der Waals surface area contributed by atoms with Crippen LogP contribution in [0.15, 0.2) is 28.1 Å². The number of allylic oxidation sites excluding steroid dienone is 2. The SMILES string of the molecule is NC(CC1CC=CCC1)C(=O)NS(=O)(=O)c1cscn1. The number of sulfonamides is 1. The molecule has 2 atom stereocenters. The van der Waals surface area contributed by atoms with Crippen LogP contribution in [0.2, 0.25) is 0 Å². The van der Waals surface area contributed by atoms with Crippen molar-refractivity contribution in [3.05, 3.63) is 23.0 Å². The van der Waals surface area contributed by atoms with Crippen molar-refractivity contribution >= 4 is 27.3 Å². The monoisotopic (exact) mass is 315 g/mol. The minimum atomic E-state index is -3.90. The highest BCUT2D eigenvalue weighted by Crippen LogP contribution is 2.22. The first-order chi connectivity index (χ1) is 9.49. The van der Waals surface area contributed by atoms with E-state index in [0.29, 0.717) is 12.3 Å². The average molecular weight is 315 g/mol. The molecule has 0 aromatic carbocycles. The average Bonchev–Trinajstić information content (AvgIpc) is 2.94. The van der Waals surface area contributed by atoms with Crippen molar-refractivity contribution in [2.24, 2.45) is 11.7 Å². The van der Waals surface area contributed by atoms with Crippen LogP contribution in [-0.4, -0.2) is 25.4 Å². The molecule has 3 N–H and O–H groups in total. The second-order valence-corrected chi connectivity index (χ2v) is 7.14. The number of nitrogens with two attached hydrogens (primary N) is 1. The van der Waals surface area contributed by atoms with Crippen molar-refractivity contribution in [3.8, 4) is 0 Å². The van der Waals surface area contributed by atoms with E-state index in [9.17, 15) is 13.2 Å². The largest absolute Gasteiger partial charge is 0.320 e. The van der Waals surface area contributed by atoms with Gasteiger partial charge in [-0.15, -0.1) is 11.3 Å². The first-order valence-corrected chi connectivity index (χ1v) is 8.77. The summed E-state index contributed by atoms with van der Waals surface area (Å²) in [6.07, 6.45) is 7.52. The highest BCUT2D eigenvalue weighted by molar-refractivity contribution is 7.90. The third-order valence-electron chi connectivity index (χ3n) is 3.22. The Morgan fingerprint density at radius 1 is 1.55 bits per heavy atom. The molecule has 1 amide bonds. The van der Waals surface area contributed by atoms with E-state index in [1.165, 1.54) is 10.9 Å². The minimum absolute atomic E-state index is 0.149. The highest BCUT2D eigenvalue weighted by Gasteiger charge is 2.25. The van der Waals surface area contributed by atoms with E-state index in [2.05, 4.69) is 17.1 Å². The summed E-state index contributed by atoms with van der Waals surface area (Å²) < 4.78 is 25.7. The summed E-state index contributed by atoms with van der Waals surface area (Å²) >= 11 is 1.15. The zero-order chi connectivity index (χ0) is 14.6. The molecule has 0 bridgehead atoms. The molecule has 2 unspecified atom stereocenters.